The highest BCUT2D eigenvalue weighted by atomic mass is 79.9. The van der Waals surface area contributed by atoms with E-state index in [0.29, 0.717) is 5.69 Å². The van der Waals surface area contributed by atoms with Crippen LogP contribution in [0.1, 0.15) is 41.9 Å². The van der Waals surface area contributed by atoms with E-state index in [-0.39, 0.29) is 11.9 Å². The topological polar surface area (TPSA) is 34.0 Å². The number of nitrogens with zero attached hydrogens (tertiary/aromatic N) is 1. The number of benzene rings is 1. The van der Waals surface area contributed by atoms with Crippen molar-refractivity contribution in [2.75, 3.05) is 0 Å². The first kappa shape index (κ1) is 14.9. The number of halogens is 1. The van der Waals surface area contributed by atoms with Crippen LogP contribution >= 0.6 is 15.9 Å². The zero-order valence-corrected chi connectivity index (χ0v) is 13.4. The van der Waals surface area contributed by atoms with Gasteiger partial charge >= 0.3 is 0 Å². The second-order valence-electron chi connectivity index (χ2n) is 4.88. The summed E-state index contributed by atoms with van der Waals surface area (Å²) in [6.45, 7) is 2.13. The molecule has 1 atom stereocenters. The highest BCUT2D eigenvalue weighted by Gasteiger charge is 2.17. The Labute approximate surface area is 128 Å². The van der Waals surface area contributed by atoms with E-state index in [1.807, 2.05) is 42.1 Å². The molecule has 0 bridgehead atoms. The summed E-state index contributed by atoms with van der Waals surface area (Å²) >= 11 is 3.39. The van der Waals surface area contributed by atoms with E-state index >= 15 is 0 Å². The molecule has 4 heteroatoms. The largest absolute Gasteiger partial charge is 0.345 e. The van der Waals surface area contributed by atoms with E-state index in [2.05, 4.69) is 40.3 Å². The molecule has 106 valence electrons. The minimum Gasteiger partial charge on any atom is -0.345 e. The molecule has 2 rings (SSSR count). The maximum atomic E-state index is 12.4. The van der Waals surface area contributed by atoms with Crippen LogP contribution in [0.2, 0.25) is 0 Å². The summed E-state index contributed by atoms with van der Waals surface area (Å²) < 4.78 is 2.74. The third kappa shape index (κ3) is 3.51. The van der Waals surface area contributed by atoms with Gasteiger partial charge in [-0.25, -0.2) is 0 Å². The van der Waals surface area contributed by atoms with Gasteiger partial charge in [-0.05, 0) is 34.0 Å². The molecule has 0 fully saturated rings. The van der Waals surface area contributed by atoms with E-state index in [1.165, 1.54) is 0 Å². The lowest BCUT2D eigenvalue weighted by Crippen LogP contribution is -2.29. The molecule has 1 amide bonds. The van der Waals surface area contributed by atoms with Crippen molar-refractivity contribution in [3.8, 4) is 0 Å². The van der Waals surface area contributed by atoms with Crippen molar-refractivity contribution in [1.82, 2.24) is 9.88 Å². The second kappa shape index (κ2) is 6.75. The molecule has 1 unspecified atom stereocenters. The highest BCUT2D eigenvalue weighted by Crippen LogP contribution is 2.20. The van der Waals surface area contributed by atoms with E-state index in [4.69, 9.17) is 0 Å². The van der Waals surface area contributed by atoms with Crippen LogP contribution in [0.4, 0.5) is 0 Å². The van der Waals surface area contributed by atoms with Crippen molar-refractivity contribution >= 4 is 21.8 Å². The Kier molecular flexibility index (Phi) is 5.01. The summed E-state index contributed by atoms with van der Waals surface area (Å²) in [5, 5.41) is 3.12. The molecule has 0 saturated heterocycles. The molecule has 20 heavy (non-hydrogen) atoms. The second-order valence-corrected chi connectivity index (χ2v) is 5.80. The minimum atomic E-state index is -0.0412. The number of aromatic nitrogens is 1. The number of carbonyl (C=O) groups excluding carboxylic acids is 1. The van der Waals surface area contributed by atoms with Crippen LogP contribution in [0.25, 0.3) is 0 Å². The van der Waals surface area contributed by atoms with E-state index in [0.717, 1.165) is 22.9 Å². The molecule has 0 aliphatic rings. The zero-order valence-electron chi connectivity index (χ0n) is 11.8. The first-order valence-electron chi connectivity index (χ1n) is 6.79. The van der Waals surface area contributed by atoms with Crippen LogP contribution in [-0.4, -0.2) is 10.5 Å². The SMILES string of the molecule is CCCC(NC(=O)c1cc(Br)cn1C)c1ccccc1. The van der Waals surface area contributed by atoms with E-state index < -0.39 is 0 Å². The molecule has 0 aliphatic carbocycles. The van der Waals surface area contributed by atoms with Crippen LogP contribution in [0.5, 0.6) is 0 Å². The molecule has 1 N–H and O–H groups in total. The minimum absolute atomic E-state index is 0.0412. The van der Waals surface area contributed by atoms with Gasteiger partial charge in [0.2, 0.25) is 0 Å². The lowest BCUT2D eigenvalue weighted by atomic mass is 10.0. The fourth-order valence-corrected chi connectivity index (χ4v) is 2.80. The Morgan fingerprint density at radius 2 is 2.05 bits per heavy atom. The lowest BCUT2D eigenvalue weighted by Gasteiger charge is -2.18. The van der Waals surface area contributed by atoms with Gasteiger partial charge in [-0.15, -0.1) is 0 Å². The van der Waals surface area contributed by atoms with Crippen molar-refractivity contribution in [2.45, 2.75) is 25.8 Å². The van der Waals surface area contributed by atoms with Gasteiger partial charge in [0, 0.05) is 17.7 Å². The van der Waals surface area contributed by atoms with Gasteiger partial charge in [0.15, 0.2) is 0 Å². The van der Waals surface area contributed by atoms with Gasteiger partial charge in [-0.3, -0.25) is 4.79 Å². The fraction of sp³-hybridized carbons (Fsp3) is 0.312. The number of amides is 1. The summed E-state index contributed by atoms with van der Waals surface area (Å²) in [5.74, 6) is -0.0412. The number of nitrogens with one attached hydrogen (secondary N) is 1. The van der Waals surface area contributed by atoms with Crippen molar-refractivity contribution in [1.29, 1.82) is 0 Å². The number of hydrogen-bond donors (Lipinski definition) is 1. The highest BCUT2D eigenvalue weighted by molar-refractivity contribution is 9.10. The van der Waals surface area contributed by atoms with E-state index in [9.17, 15) is 4.79 Å². The quantitative estimate of drug-likeness (QED) is 0.878. The molecular weight excluding hydrogens is 316 g/mol. The molecule has 0 aliphatic heterocycles. The predicted octanol–water partition coefficient (Wildman–Crippen LogP) is 4.06. The maximum absolute atomic E-state index is 12.4. The Bertz CT molecular complexity index is 577. The van der Waals surface area contributed by atoms with Gasteiger partial charge in [-0.1, -0.05) is 43.7 Å². The molecule has 0 radical (unpaired) electrons. The van der Waals surface area contributed by atoms with Gasteiger partial charge < -0.3 is 9.88 Å². The monoisotopic (exact) mass is 334 g/mol. The smallest absolute Gasteiger partial charge is 0.268 e. The Morgan fingerprint density at radius 3 is 2.60 bits per heavy atom. The van der Waals surface area contributed by atoms with Gasteiger partial charge in [0.25, 0.3) is 5.91 Å². The van der Waals surface area contributed by atoms with Crippen LogP contribution in [0.15, 0.2) is 47.1 Å². The predicted molar refractivity (Wildman–Crippen MR) is 84.7 cm³/mol. The Morgan fingerprint density at radius 1 is 1.35 bits per heavy atom. The summed E-state index contributed by atoms with van der Waals surface area (Å²) in [7, 11) is 1.87. The first-order chi connectivity index (χ1) is 9.61. The van der Waals surface area contributed by atoms with E-state index in [1.54, 1.807) is 0 Å². The van der Waals surface area contributed by atoms with Crippen LogP contribution < -0.4 is 5.32 Å². The lowest BCUT2D eigenvalue weighted by molar-refractivity contribution is 0.0926. The molecule has 2 aromatic rings. The normalized spacial score (nSPS) is 12.2. The molecule has 3 nitrogen and oxygen atoms in total. The maximum Gasteiger partial charge on any atom is 0.268 e. The van der Waals surface area contributed by atoms with Gasteiger partial charge in [0.1, 0.15) is 5.69 Å². The van der Waals surface area contributed by atoms with Gasteiger partial charge in [-0.2, -0.15) is 0 Å². The third-order valence-corrected chi connectivity index (χ3v) is 3.72. The molecule has 1 aromatic carbocycles. The molecule has 1 aromatic heterocycles. The number of carbonyl (C=O) groups is 1. The van der Waals surface area contributed by atoms with Crippen LogP contribution in [-0.2, 0) is 7.05 Å². The Balaban J connectivity index is 2.16. The summed E-state index contributed by atoms with van der Waals surface area (Å²) in [5.41, 5.74) is 1.81. The summed E-state index contributed by atoms with van der Waals surface area (Å²) in [4.78, 5) is 12.4. The van der Waals surface area contributed by atoms with Crippen LogP contribution in [0.3, 0.4) is 0 Å². The van der Waals surface area contributed by atoms with Crippen molar-refractivity contribution in [3.05, 3.63) is 58.3 Å². The molecule has 0 saturated carbocycles. The molecule has 1 heterocycles. The number of aryl methyl sites for hydroxylation is 1. The summed E-state index contributed by atoms with van der Waals surface area (Å²) in [6.07, 6.45) is 3.84. The number of rotatable bonds is 5. The summed E-state index contributed by atoms with van der Waals surface area (Å²) in [6, 6.07) is 12.0. The number of hydrogen-bond acceptors (Lipinski definition) is 1. The average Bonchev–Trinajstić information content (AvgIpc) is 2.78. The van der Waals surface area contributed by atoms with Gasteiger partial charge in [0.05, 0.1) is 6.04 Å². The fourth-order valence-electron chi connectivity index (χ4n) is 2.28. The van der Waals surface area contributed by atoms with Crippen molar-refractivity contribution in [3.63, 3.8) is 0 Å². The third-order valence-electron chi connectivity index (χ3n) is 3.29. The Hall–Kier alpha value is -1.55. The first-order valence-corrected chi connectivity index (χ1v) is 7.58. The zero-order chi connectivity index (χ0) is 14.5. The molecular formula is C16H19BrN2O. The van der Waals surface area contributed by atoms with Crippen molar-refractivity contribution < 1.29 is 4.79 Å². The van der Waals surface area contributed by atoms with Crippen LogP contribution in [0, 0.1) is 0 Å². The standard InChI is InChI=1S/C16H19BrN2O/c1-3-7-14(12-8-5-4-6-9-12)18-16(20)15-10-13(17)11-19(15)2/h4-6,8-11,14H,3,7H2,1-2H3,(H,18,20). The molecule has 0 spiro atoms. The van der Waals surface area contributed by atoms with Crippen molar-refractivity contribution in [2.24, 2.45) is 7.05 Å². The average molecular weight is 335 g/mol.